The number of carbonyl (C=O) groups is 2. The van der Waals surface area contributed by atoms with E-state index in [2.05, 4.69) is 10.6 Å². The van der Waals surface area contributed by atoms with Crippen LogP contribution in [0.25, 0.3) is 0 Å². The van der Waals surface area contributed by atoms with Crippen molar-refractivity contribution >= 4 is 29.3 Å². The SMILES string of the molecule is CC(C)CNC(=O)C(C)SCC(=O)Nc1ccc(F)cc1. The highest BCUT2D eigenvalue weighted by Gasteiger charge is 2.15. The molecule has 1 atom stereocenters. The van der Waals surface area contributed by atoms with E-state index in [0.29, 0.717) is 18.2 Å². The first-order valence-electron chi connectivity index (χ1n) is 6.83. The number of nitrogens with one attached hydrogen (secondary N) is 2. The molecular weight excluding hydrogens is 291 g/mol. The molecule has 0 spiro atoms. The minimum absolute atomic E-state index is 0.0664. The molecule has 1 aromatic rings. The van der Waals surface area contributed by atoms with Crippen molar-refractivity contribution in [2.75, 3.05) is 17.6 Å². The smallest absolute Gasteiger partial charge is 0.234 e. The van der Waals surface area contributed by atoms with Crippen molar-refractivity contribution in [2.24, 2.45) is 5.92 Å². The Bertz CT molecular complexity index is 477. The molecule has 21 heavy (non-hydrogen) atoms. The van der Waals surface area contributed by atoms with Crippen LogP contribution >= 0.6 is 11.8 Å². The van der Waals surface area contributed by atoms with Crippen LogP contribution in [0, 0.1) is 11.7 Å². The van der Waals surface area contributed by atoms with Gasteiger partial charge in [-0.3, -0.25) is 9.59 Å². The van der Waals surface area contributed by atoms with Crippen molar-refractivity contribution < 1.29 is 14.0 Å². The Morgan fingerprint density at radius 3 is 2.38 bits per heavy atom. The number of benzene rings is 1. The molecule has 0 aliphatic carbocycles. The van der Waals surface area contributed by atoms with E-state index in [9.17, 15) is 14.0 Å². The van der Waals surface area contributed by atoms with E-state index in [1.54, 1.807) is 6.92 Å². The number of halogens is 1. The second kappa shape index (κ2) is 8.67. The molecule has 2 amide bonds. The fraction of sp³-hybridized carbons (Fsp3) is 0.467. The average molecular weight is 312 g/mol. The van der Waals surface area contributed by atoms with Crippen molar-refractivity contribution in [3.8, 4) is 0 Å². The van der Waals surface area contributed by atoms with Crippen molar-refractivity contribution in [3.05, 3.63) is 30.1 Å². The third-order valence-corrected chi connectivity index (χ3v) is 3.79. The molecule has 4 nitrogen and oxygen atoms in total. The predicted molar refractivity (Wildman–Crippen MR) is 84.8 cm³/mol. The lowest BCUT2D eigenvalue weighted by molar-refractivity contribution is -0.120. The highest BCUT2D eigenvalue weighted by atomic mass is 32.2. The standard InChI is InChI=1S/C15H21FN2O2S/c1-10(2)8-17-15(20)11(3)21-9-14(19)18-13-6-4-12(16)5-7-13/h4-7,10-11H,8-9H2,1-3H3,(H,17,20)(H,18,19). The topological polar surface area (TPSA) is 58.2 Å². The zero-order valence-corrected chi connectivity index (χ0v) is 13.3. The van der Waals surface area contributed by atoms with Gasteiger partial charge in [0.05, 0.1) is 11.0 Å². The summed E-state index contributed by atoms with van der Waals surface area (Å²) < 4.78 is 12.7. The van der Waals surface area contributed by atoms with Crippen LogP contribution in [0.2, 0.25) is 0 Å². The van der Waals surface area contributed by atoms with E-state index in [1.165, 1.54) is 36.0 Å². The number of thioether (sulfide) groups is 1. The molecular formula is C15H21FN2O2S. The maximum Gasteiger partial charge on any atom is 0.234 e. The largest absolute Gasteiger partial charge is 0.355 e. The van der Waals surface area contributed by atoms with Gasteiger partial charge in [-0.05, 0) is 37.1 Å². The summed E-state index contributed by atoms with van der Waals surface area (Å²) >= 11 is 1.27. The normalized spacial score (nSPS) is 12.0. The van der Waals surface area contributed by atoms with Gasteiger partial charge in [0.1, 0.15) is 5.82 Å². The molecule has 0 aromatic heterocycles. The van der Waals surface area contributed by atoms with E-state index in [0.717, 1.165) is 0 Å². The van der Waals surface area contributed by atoms with Crippen molar-refractivity contribution in [2.45, 2.75) is 26.0 Å². The molecule has 0 heterocycles. The Kier molecular flexibility index (Phi) is 7.22. The van der Waals surface area contributed by atoms with Gasteiger partial charge in [0.15, 0.2) is 0 Å². The van der Waals surface area contributed by atoms with E-state index < -0.39 is 0 Å². The third kappa shape index (κ3) is 7.13. The van der Waals surface area contributed by atoms with Gasteiger partial charge < -0.3 is 10.6 Å². The first-order chi connectivity index (χ1) is 9.88. The summed E-state index contributed by atoms with van der Waals surface area (Å²) in [6.45, 7) is 6.44. The van der Waals surface area contributed by atoms with Crippen molar-refractivity contribution in [1.29, 1.82) is 0 Å². The van der Waals surface area contributed by atoms with Gasteiger partial charge in [0.25, 0.3) is 0 Å². The maximum atomic E-state index is 12.7. The van der Waals surface area contributed by atoms with Gasteiger partial charge in [0, 0.05) is 12.2 Å². The van der Waals surface area contributed by atoms with Crippen LogP contribution in [-0.2, 0) is 9.59 Å². The molecule has 0 fully saturated rings. The Balaban J connectivity index is 2.31. The maximum absolute atomic E-state index is 12.7. The number of rotatable bonds is 7. The Morgan fingerprint density at radius 1 is 1.19 bits per heavy atom. The van der Waals surface area contributed by atoms with Gasteiger partial charge in [-0.1, -0.05) is 13.8 Å². The number of amides is 2. The average Bonchev–Trinajstić information content (AvgIpc) is 2.44. The molecule has 0 saturated carbocycles. The third-order valence-electron chi connectivity index (χ3n) is 2.65. The van der Waals surface area contributed by atoms with Crippen molar-refractivity contribution in [3.63, 3.8) is 0 Å². The molecule has 0 aliphatic rings. The summed E-state index contributed by atoms with van der Waals surface area (Å²) in [4.78, 5) is 23.5. The zero-order valence-electron chi connectivity index (χ0n) is 12.5. The van der Waals surface area contributed by atoms with E-state index in [-0.39, 0.29) is 28.6 Å². The fourth-order valence-corrected chi connectivity index (χ4v) is 2.16. The highest BCUT2D eigenvalue weighted by molar-refractivity contribution is 8.01. The first kappa shape index (κ1) is 17.5. The predicted octanol–water partition coefficient (Wildman–Crippen LogP) is 2.66. The lowest BCUT2D eigenvalue weighted by Crippen LogP contribution is -2.34. The Hall–Kier alpha value is -1.56. The van der Waals surface area contributed by atoms with E-state index in [1.807, 2.05) is 13.8 Å². The molecule has 0 saturated heterocycles. The minimum atomic E-state index is -0.349. The fourth-order valence-electron chi connectivity index (χ4n) is 1.46. The van der Waals surface area contributed by atoms with Crippen LogP contribution in [0.3, 0.4) is 0 Å². The van der Waals surface area contributed by atoms with Gasteiger partial charge in [0.2, 0.25) is 11.8 Å². The highest BCUT2D eigenvalue weighted by Crippen LogP contribution is 2.13. The summed E-state index contributed by atoms with van der Waals surface area (Å²) in [6, 6.07) is 5.56. The van der Waals surface area contributed by atoms with E-state index >= 15 is 0 Å². The summed E-state index contributed by atoms with van der Waals surface area (Å²) in [7, 11) is 0. The monoisotopic (exact) mass is 312 g/mol. The van der Waals surface area contributed by atoms with Gasteiger partial charge in [-0.2, -0.15) is 0 Å². The van der Waals surface area contributed by atoms with Crippen LogP contribution in [-0.4, -0.2) is 29.4 Å². The Morgan fingerprint density at radius 2 is 1.81 bits per heavy atom. The van der Waals surface area contributed by atoms with Gasteiger partial charge in [-0.25, -0.2) is 4.39 Å². The van der Waals surface area contributed by atoms with Gasteiger partial charge >= 0.3 is 0 Å². The molecule has 116 valence electrons. The molecule has 2 N–H and O–H groups in total. The molecule has 6 heteroatoms. The second-order valence-corrected chi connectivity index (χ2v) is 6.48. The summed E-state index contributed by atoms with van der Waals surface area (Å²) in [5.74, 6) is -0.0580. The van der Waals surface area contributed by atoms with Crippen LogP contribution in [0.5, 0.6) is 0 Å². The van der Waals surface area contributed by atoms with Gasteiger partial charge in [-0.15, -0.1) is 11.8 Å². The number of carbonyl (C=O) groups excluding carboxylic acids is 2. The summed E-state index contributed by atoms with van der Waals surface area (Å²) in [6.07, 6.45) is 0. The lowest BCUT2D eigenvalue weighted by Gasteiger charge is -2.13. The molecule has 0 aliphatic heterocycles. The minimum Gasteiger partial charge on any atom is -0.355 e. The van der Waals surface area contributed by atoms with Crippen molar-refractivity contribution in [1.82, 2.24) is 5.32 Å². The Labute approximate surface area is 128 Å². The summed E-state index contributed by atoms with van der Waals surface area (Å²) in [5, 5.41) is 5.19. The lowest BCUT2D eigenvalue weighted by atomic mass is 10.2. The number of anilines is 1. The van der Waals surface area contributed by atoms with Crippen LogP contribution in [0.1, 0.15) is 20.8 Å². The molecule has 0 bridgehead atoms. The molecule has 0 radical (unpaired) electrons. The summed E-state index contributed by atoms with van der Waals surface area (Å²) in [5.41, 5.74) is 0.541. The van der Waals surface area contributed by atoms with E-state index in [4.69, 9.17) is 0 Å². The molecule has 1 rings (SSSR count). The first-order valence-corrected chi connectivity index (χ1v) is 7.88. The molecule has 1 unspecified atom stereocenters. The van der Waals surface area contributed by atoms with Crippen LogP contribution in [0.15, 0.2) is 24.3 Å². The van der Waals surface area contributed by atoms with Crippen LogP contribution < -0.4 is 10.6 Å². The number of hydrogen-bond donors (Lipinski definition) is 2. The zero-order chi connectivity index (χ0) is 15.8. The molecule has 1 aromatic carbocycles. The number of hydrogen-bond acceptors (Lipinski definition) is 3. The second-order valence-electron chi connectivity index (χ2n) is 5.15. The van der Waals surface area contributed by atoms with Crippen LogP contribution in [0.4, 0.5) is 10.1 Å². The quantitative estimate of drug-likeness (QED) is 0.814.